The summed E-state index contributed by atoms with van der Waals surface area (Å²) in [6.45, 7) is 2.53. The number of carbonyl (C=O) groups is 2. The van der Waals surface area contributed by atoms with E-state index in [-0.39, 0.29) is 17.6 Å². The number of rotatable bonds is 8. The first-order valence-corrected chi connectivity index (χ1v) is 11.8. The SMILES string of the molecule is CCOc1ccc(NC(=O)CSc2nc3ccc(NC(=O)c4ccccc4)cc3s2)cc1. The van der Waals surface area contributed by atoms with E-state index in [0.29, 0.717) is 17.9 Å². The summed E-state index contributed by atoms with van der Waals surface area (Å²) in [6.07, 6.45) is 0. The van der Waals surface area contributed by atoms with Gasteiger partial charge in [-0.25, -0.2) is 4.98 Å². The van der Waals surface area contributed by atoms with Crippen molar-refractivity contribution >= 4 is 56.5 Å². The van der Waals surface area contributed by atoms with E-state index in [9.17, 15) is 9.59 Å². The minimum atomic E-state index is -0.157. The molecule has 32 heavy (non-hydrogen) atoms. The molecule has 0 saturated carbocycles. The molecule has 0 bridgehead atoms. The maximum atomic E-state index is 12.4. The quantitative estimate of drug-likeness (QED) is 0.329. The van der Waals surface area contributed by atoms with Gasteiger partial charge in [-0.1, -0.05) is 30.0 Å². The van der Waals surface area contributed by atoms with E-state index in [1.54, 1.807) is 12.1 Å². The minimum Gasteiger partial charge on any atom is -0.494 e. The number of fused-ring (bicyclic) bond motifs is 1. The summed E-state index contributed by atoms with van der Waals surface area (Å²) in [7, 11) is 0. The summed E-state index contributed by atoms with van der Waals surface area (Å²) in [6, 6.07) is 22.0. The van der Waals surface area contributed by atoms with Gasteiger partial charge in [0.25, 0.3) is 5.91 Å². The second-order valence-electron chi connectivity index (χ2n) is 6.78. The molecule has 3 aromatic carbocycles. The Morgan fingerprint density at radius 1 is 0.969 bits per heavy atom. The van der Waals surface area contributed by atoms with Gasteiger partial charge in [-0.2, -0.15) is 0 Å². The Hall–Kier alpha value is -3.36. The molecule has 0 spiro atoms. The second kappa shape index (κ2) is 10.3. The summed E-state index contributed by atoms with van der Waals surface area (Å²) in [5.41, 5.74) is 2.87. The Bertz CT molecular complexity index is 1220. The van der Waals surface area contributed by atoms with E-state index in [1.807, 2.05) is 67.6 Å². The van der Waals surface area contributed by atoms with Crippen LogP contribution in [0, 0.1) is 0 Å². The fraction of sp³-hybridized carbons (Fsp3) is 0.125. The Labute approximate surface area is 194 Å². The third-order valence-corrected chi connectivity index (χ3v) is 6.60. The summed E-state index contributed by atoms with van der Waals surface area (Å²) >= 11 is 2.88. The topological polar surface area (TPSA) is 80.3 Å². The molecule has 1 aromatic heterocycles. The van der Waals surface area contributed by atoms with Crippen LogP contribution in [0.2, 0.25) is 0 Å². The third-order valence-electron chi connectivity index (χ3n) is 4.44. The molecule has 6 nitrogen and oxygen atoms in total. The zero-order valence-corrected chi connectivity index (χ0v) is 19.0. The maximum Gasteiger partial charge on any atom is 0.255 e. The smallest absolute Gasteiger partial charge is 0.255 e. The predicted octanol–water partition coefficient (Wildman–Crippen LogP) is 5.68. The van der Waals surface area contributed by atoms with Crippen LogP contribution in [0.1, 0.15) is 17.3 Å². The van der Waals surface area contributed by atoms with Crippen molar-refractivity contribution in [3.05, 3.63) is 78.4 Å². The van der Waals surface area contributed by atoms with E-state index in [4.69, 9.17) is 4.74 Å². The third kappa shape index (κ3) is 5.66. The van der Waals surface area contributed by atoms with Crippen LogP contribution < -0.4 is 15.4 Å². The zero-order chi connectivity index (χ0) is 22.3. The monoisotopic (exact) mass is 463 g/mol. The van der Waals surface area contributed by atoms with E-state index < -0.39 is 0 Å². The lowest BCUT2D eigenvalue weighted by Crippen LogP contribution is -2.13. The molecule has 0 atom stereocenters. The number of aromatic nitrogens is 1. The number of anilines is 2. The van der Waals surface area contributed by atoms with E-state index in [2.05, 4.69) is 15.6 Å². The first-order chi connectivity index (χ1) is 15.6. The number of thioether (sulfide) groups is 1. The van der Waals surface area contributed by atoms with Gasteiger partial charge in [0.05, 0.1) is 22.6 Å². The first kappa shape index (κ1) is 21.9. The molecular weight excluding hydrogens is 442 g/mol. The normalized spacial score (nSPS) is 10.7. The van der Waals surface area contributed by atoms with Crippen LogP contribution >= 0.6 is 23.1 Å². The Kier molecular flexibility index (Phi) is 7.03. The van der Waals surface area contributed by atoms with Crippen LogP contribution in [0.3, 0.4) is 0 Å². The molecule has 8 heteroatoms. The van der Waals surface area contributed by atoms with Crippen LogP contribution in [-0.4, -0.2) is 29.2 Å². The molecule has 0 saturated heterocycles. The standard InChI is InChI=1S/C24H21N3O3S2/c1-2-30-19-11-8-17(9-12-19)25-22(28)15-31-24-27-20-13-10-18(14-21(20)32-24)26-23(29)16-6-4-3-5-7-16/h3-14H,2,15H2,1H3,(H,25,28)(H,26,29). The van der Waals surface area contributed by atoms with E-state index in [1.165, 1.54) is 23.1 Å². The maximum absolute atomic E-state index is 12.4. The number of thiazole rings is 1. The molecule has 0 unspecified atom stereocenters. The molecule has 4 rings (SSSR count). The molecule has 0 aliphatic carbocycles. The van der Waals surface area contributed by atoms with Gasteiger partial charge in [0, 0.05) is 16.9 Å². The molecule has 0 aliphatic rings. The zero-order valence-electron chi connectivity index (χ0n) is 17.3. The van der Waals surface area contributed by atoms with Gasteiger partial charge in [-0.05, 0) is 61.5 Å². The number of carbonyl (C=O) groups excluding carboxylic acids is 2. The molecule has 162 valence electrons. The van der Waals surface area contributed by atoms with E-state index >= 15 is 0 Å². The fourth-order valence-electron chi connectivity index (χ4n) is 2.96. The van der Waals surface area contributed by atoms with Crippen LogP contribution in [0.15, 0.2) is 77.1 Å². The van der Waals surface area contributed by atoms with Gasteiger partial charge in [-0.15, -0.1) is 11.3 Å². The van der Waals surface area contributed by atoms with Crippen molar-refractivity contribution in [3.8, 4) is 5.75 Å². The first-order valence-electron chi connectivity index (χ1n) is 10.0. The van der Waals surface area contributed by atoms with Crippen LogP contribution in [0.25, 0.3) is 10.2 Å². The van der Waals surface area contributed by atoms with Crippen molar-refractivity contribution < 1.29 is 14.3 Å². The summed E-state index contributed by atoms with van der Waals surface area (Å²) < 4.78 is 7.15. The average molecular weight is 464 g/mol. The van der Waals surface area contributed by atoms with Crippen LogP contribution in [-0.2, 0) is 4.79 Å². The Balaban J connectivity index is 1.34. The summed E-state index contributed by atoms with van der Waals surface area (Å²) in [4.78, 5) is 29.2. The highest BCUT2D eigenvalue weighted by Crippen LogP contribution is 2.31. The van der Waals surface area contributed by atoms with Crippen LogP contribution in [0.5, 0.6) is 5.75 Å². The lowest BCUT2D eigenvalue weighted by Gasteiger charge is -2.06. The molecule has 0 radical (unpaired) electrons. The lowest BCUT2D eigenvalue weighted by atomic mass is 10.2. The molecular formula is C24H21N3O3S2. The van der Waals surface area contributed by atoms with Gasteiger partial charge in [0.2, 0.25) is 5.91 Å². The highest BCUT2D eigenvalue weighted by molar-refractivity contribution is 8.01. The second-order valence-corrected chi connectivity index (χ2v) is 9.03. The van der Waals surface area contributed by atoms with Gasteiger partial charge in [0.1, 0.15) is 5.75 Å². The number of hydrogen-bond acceptors (Lipinski definition) is 6. The Morgan fingerprint density at radius 3 is 2.47 bits per heavy atom. The van der Waals surface area contributed by atoms with Crippen molar-refractivity contribution in [2.75, 3.05) is 23.0 Å². The summed E-state index contributed by atoms with van der Waals surface area (Å²) in [5, 5.41) is 5.78. The fourth-order valence-corrected chi connectivity index (χ4v) is 4.87. The van der Waals surface area contributed by atoms with Crippen LogP contribution in [0.4, 0.5) is 11.4 Å². The molecule has 4 aromatic rings. The molecule has 0 aliphatic heterocycles. The van der Waals surface area contributed by atoms with Gasteiger partial charge in [0.15, 0.2) is 4.34 Å². The van der Waals surface area contributed by atoms with Crippen molar-refractivity contribution in [2.45, 2.75) is 11.3 Å². The predicted molar refractivity (Wildman–Crippen MR) is 131 cm³/mol. The lowest BCUT2D eigenvalue weighted by molar-refractivity contribution is -0.113. The van der Waals surface area contributed by atoms with Crippen molar-refractivity contribution in [1.82, 2.24) is 4.98 Å². The number of ether oxygens (including phenoxy) is 1. The molecule has 1 heterocycles. The summed E-state index contributed by atoms with van der Waals surface area (Å²) in [5.74, 6) is 0.767. The highest BCUT2D eigenvalue weighted by Gasteiger charge is 2.11. The van der Waals surface area contributed by atoms with Crippen molar-refractivity contribution in [3.63, 3.8) is 0 Å². The average Bonchev–Trinajstić information content (AvgIpc) is 3.22. The Morgan fingerprint density at radius 2 is 1.72 bits per heavy atom. The number of hydrogen-bond donors (Lipinski definition) is 2. The minimum absolute atomic E-state index is 0.103. The van der Waals surface area contributed by atoms with Crippen molar-refractivity contribution in [2.24, 2.45) is 0 Å². The molecule has 0 fully saturated rings. The highest BCUT2D eigenvalue weighted by atomic mass is 32.2. The van der Waals surface area contributed by atoms with Gasteiger partial charge in [-0.3, -0.25) is 9.59 Å². The van der Waals surface area contributed by atoms with Crippen molar-refractivity contribution in [1.29, 1.82) is 0 Å². The molecule has 2 N–H and O–H groups in total. The van der Waals surface area contributed by atoms with Gasteiger partial charge < -0.3 is 15.4 Å². The number of nitrogens with zero attached hydrogens (tertiary/aromatic N) is 1. The number of amides is 2. The number of nitrogens with one attached hydrogen (secondary N) is 2. The van der Waals surface area contributed by atoms with Gasteiger partial charge >= 0.3 is 0 Å². The van der Waals surface area contributed by atoms with E-state index in [0.717, 1.165) is 26.0 Å². The number of benzene rings is 3. The molecule has 2 amide bonds. The largest absolute Gasteiger partial charge is 0.494 e.